The van der Waals surface area contributed by atoms with Gasteiger partial charge in [0.2, 0.25) is 11.8 Å². The maximum absolute atomic E-state index is 12.8. The molecule has 0 saturated carbocycles. The van der Waals surface area contributed by atoms with Crippen molar-refractivity contribution in [2.24, 2.45) is 5.92 Å². The lowest BCUT2D eigenvalue weighted by Crippen LogP contribution is -2.28. The van der Waals surface area contributed by atoms with Gasteiger partial charge >= 0.3 is 0 Å². The van der Waals surface area contributed by atoms with Crippen LogP contribution in [0.5, 0.6) is 17.2 Å². The van der Waals surface area contributed by atoms with Crippen LogP contribution in [0.3, 0.4) is 0 Å². The van der Waals surface area contributed by atoms with E-state index in [9.17, 15) is 9.59 Å². The minimum Gasteiger partial charge on any atom is -0.497 e. The van der Waals surface area contributed by atoms with E-state index in [4.69, 9.17) is 9.47 Å². The second-order valence-corrected chi connectivity index (χ2v) is 8.23. The molecule has 0 aliphatic carbocycles. The smallest absolute Gasteiger partial charge is 0.229 e. The van der Waals surface area contributed by atoms with E-state index in [0.717, 1.165) is 28.0 Å². The summed E-state index contributed by atoms with van der Waals surface area (Å²) in [7, 11) is 1.60. The molecule has 2 amide bonds. The normalized spacial score (nSPS) is 15.4. The molecular weight excluding hydrogens is 428 g/mol. The molecule has 1 N–H and O–H groups in total. The van der Waals surface area contributed by atoms with E-state index in [1.165, 1.54) is 0 Å². The van der Waals surface area contributed by atoms with Crippen LogP contribution in [0.25, 0.3) is 10.8 Å². The van der Waals surface area contributed by atoms with E-state index in [1.807, 2.05) is 60.7 Å². The summed E-state index contributed by atoms with van der Waals surface area (Å²) >= 11 is 0. The molecule has 1 saturated heterocycles. The van der Waals surface area contributed by atoms with Crippen LogP contribution >= 0.6 is 0 Å². The third-order valence-electron chi connectivity index (χ3n) is 5.96. The summed E-state index contributed by atoms with van der Waals surface area (Å²) in [5.41, 5.74) is 1.42. The molecule has 0 radical (unpaired) electrons. The molecule has 4 aromatic rings. The second kappa shape index (κ2) is 9.27. The van der Waals surface area contributed by atoms with Crippen LogP contribution in [0, 0.1) is 5.92 Å². The minimum atomic E-state index is -0.414. The molecule has 1 fully saturated rings. The first-order chi connectivity index (χ1) is 16.6. The summed E-state index contributed by atoms with van der Waals surface area (Å²) in [6.45, 7) is 0.347. The standard InChI is InChI=1S/C28H24N2O4/c1-33-24-14-9-23(10-15-24)30-18-21(17-27(30)31)28(32)29-22-7-12-25(13-8-22)34-26-11-6-19-4-2-3-5-20(19)16-26/h2-16,21H,17-18H2,1H3,(H,29,32)/t21-/m1/s1. The van der Waals surface area contributed by atoms with Crippen LogP contribution in [0.2, 0.25) is 0 Å². The monoisotopic (exact) mass is 452 g/mol. The van der Waals surface area contributed by atoms with Crippen LogP contribution < -0.4 is 19.7 Å². The zero-order valence-electron chi connectivity index (χ0n) is 18.7. The number of rotatable bonds is 6. The van der Waals surface area contributed by atoms with Crippen LogP contribution in [0.15, 0.2) is 91.0 Å². The number of ether oxygens (including phenoxy) is 2. The fraction of sp³-hybridized carbons (Fsp3) is 0.143. The summed E-state index contributed by atoms with van der Waals surface area (Å²) in [6, 6.07) is 28.5. The number of nitrogens with one attached hydrogen (secondary N) is 1. The van der Waals surface area contributed by atoms with Crippen molar-refractivity contribution in [3.05, 3.63) is 91.0 Å². The number of fused-ring (bicyclic) bond motifs is 1. The van der Waals surface area contributed by atoms with Gasteiger partial charge in [-0.25, -0.2) is 0 Å². The Kier molecular flexibility index (Phi) is 5.87. The molecule has 1 aliphatic heterocycles. The van der Waals surface area contributed by atoms with E-state index >= 15 is 0 Å². The third kappa shape index (κ3) is 4.57. The molecule has 4 aromatic carbocycles. The molecule has 5 rings (SSSR count). The van der Waals surface area contributed by atoms with Crippen molar-refractivity contribution in [2.75, 3.05) is 23.9 Å². The fourth-order valence-corrected chi connectivity index (χ4v) is 4.11. The largest absolute Gasteiger partial charge is 0.497 e. The highest BCUT2D eigenvalue weighted by atomic mass is 16.5. The first-order valence-corrected chi connectivity index (χ1v) is 11.1. The Hall–Kier alpha value is -4.32. The average Bonchev–Trinajstić information content (AvgIpc) is 3.27. The predicted molar refractivity (Wildman–Crippen MR) is 133 cm³/mol. The quantitative estimate of drug-likeness (QED) is 0.412. The lowest BCUT2D eigenvalue weighted by molar-refractivity contribution is -0.122. The Balaban J connectivity index is 1.20. The number of methoxy groups -OCH3 is 1. The molecule has 0 bridgehead atoms. The van der Waals surface area contributed by atoms with Crippen molar-refractivity contribution in [2.45, 2.75) is 6.42 Å². The number of amides is 2. The van der Waals surface area contributed by atoms with Crippen molar-refractivity contribution in [1.29, 1.82) is 0 Å². The summed E-state index contributed by atoms with van der Waals surface area (Å²) in [5.74, 6) is 1.49. The first kappa shape index (κ1) is 21.5. The second-order valence-electron chi connectivity index (χ2n) is 8.23. The van der Waals surface area contributed by atoms with Crippen molar-refractivity contribution in [1.82, 2.24) is 0 Å². The average molecular weight is 453 g/mol. The van der Waals surface area contributed by atoms with Gasteiger partial charge in [0.15, 0.2) is 0 Å². The summed E-state index contributed by atoms with van der Waals surface area (Å²) in [4.78, 5) is 26.9. The van der Waals surface area contributed by atoms with E-state index in [1.54, 1.807) is 36.3 Å². The number of nitrogens with zero attached hydrogens (tertiary/aromatic N) is 1. The first-order valence-electron chi connectivity index (χ1n) is 11.1. The fourth-order valence-electron chi connectivity index (χ4n) is 4.11. The molecule has 0 aromatic heterocycles. The Labute approximate surface area is 197 Å². The zero-order valence-corrected chi connectivity index (χ0v) is 18.7. The van der Waals surface area contributed by atoms with Gasteiger partial charge in [-0.15, -0.1) is 0 Å². The number of carbonyl (C=O) groups is 2. The summed E-state index contributed by atoms with van der Waals surface area (Å²) in [5, 5.41) is 5.18. The maximum atomic E-state index is 12.8. The highest BCUT2D eigenvalue weighted by Gasteiger charge is 2.35. The topological polar surface area (TPSA) is 67.9 Å². The minimum absolute atomic E-state index is 0.0653. The molecule has 6 nitrogen and oxygen atoms in total. The van der Waals surface area contributed by atoms with Crippen molar-refractivity contribution in [3.8, 4) is 17.2 Å². The van der Waals surface area contributed by atoms with Gasteiger partial charge in [0.1, 0.15) is 17.2 Å². The van der Waals surface area contributed by atoms with Gasteiger partial charge in [0, 0.05) is 24.3 Å². The van der Waals surface area contributed by atoms with Gasteiger partial charge in [-0.1, -0.05) is 30.3 Å². The number of hydrogen-bond acceptors (Lipinski definition) is 4. The number of benzene rings is 4. The Morgan fingerprint density at radius 2 is 1.53 bits per heavy atom. The lowest BCUT2D eigenvalue weighted by Gasteiger charge is -2.17. The molecule has 1 heterocycles. The third-order valence-corrected chi connectivity index (χ3v) is 5.96. The van der Waals surface area contributed by atoms with E-state index < -0.39 is 5.92 Å². The molecule has 6 heteroatoms. The molecule has 1 aliphatic rings. The Morgan fingerprint density at radius 3 is 2.26 bits per heavy atom. The SMILES string of the molecule is COc1ccc(N2C[C@H](C(=O)Nc3ccc(Oc4ccc5ccccc5c4)cc3)CC2=O)cc1. The summed E-state index contributed by atoms with van der Waals surface area (Å²) < 4.78 is 11.1. The van der Waals surface area contributed by atoms with E-state index in [2.05, 4.69) is 11.4 Å². The molecule has 1 atom stereocenters. The van der Waals surface area contributed by atoms with E-state index in [0.29, 0.717) is 18.0 Å². The van der Waals surface area contributed by atoms with Crippen molar-refractivity contribution in [3.63, 3.8) is 0 Å². The van der Waals surface area contributed by atoms with Crippen LogP contribution in [0.1, 0.15) is 6.42 Å². The van der Waals surface area contributed by atoms with Crippen LogP contribution in [0.4, 0.5) is 11.4 Å². The lowest BCUT2D eigenvalue weighted by atomic mass is 10.1. The van der Waals surface area contributed by atoms with Crippen molar-refractivity contribution >= 4 is 34.0 Å². The molecule has 0 spiro atoms. The van der Waals surface area contributed by atoms with Gasteiger partial charge in [-0.3, -0.25) is 9.59 Å². The van der Waals surface area contributed by atoms with Gasteiger partial charge in [0.25, 0.3) is 0 Å². The van der Waals surface area contributed by atoms with Gasteiger partial charge in [-0.05, 0) is 71.4 Å². The molecule has 34 heavy (non-hydrogen) atoms. The van der Waals surface area contributed by atoms with Crippen LogP contribution in [-0.2, 0) is 9.59 Å². The highest BCUT2D eigenvalue weighted by Crippen LogP contribution is 2.29. The maximum Gasteiger partial charge on any atom is 0.229 e. The summed E-state index contributed by atoms with van der Waals surface area (Å²) in [6.07, 6.45) is 0.182. The van der Waals surface area contributed by atoms with Gasteiger partial charge < -0.3 is 19.7 Å². The Bertz CT molecular complexity index is 1330. The predicted octanol–water partition coefficient (Wildman–Crippen LogP) is 5.63. The van der Waals surface area contributed by atoms with Gasteiger partial charge in [-0.2, -0.15) is 0 Å². The van der Waals surface area contributed by atoms with Gasteiger partial charge in [0.05, 0.1) is 13.0 Å². The van der Waals surface area contributed by atoms with E-state index in [-0.39, 0.29) is 18.2 Å². The number of anilines is 2. The Morgan fingerprint density at radius 1 is 0.853 bits per heavy atom. The molecule has 0 unspecified atom stereocenters. The number of carbonyl (C=O) groups excluding carboxylic acids is 2. The number of hydrogen-bond donors (Lipinski definition) is 1. The zero-order chi connectivity index (χ0) is 23.5. The highest BCUT2D eigenvalue weighted by molar-refractivity contribution is 6.03. The molecule has 170 valence electrons. The molecular formula is C28H24N2O4. The van der Waals surface area contributed by atoms with Crippen LogP contribution in [-0.4, -0.2) is 25.5 Å². The van der Waals surface area contributed by atoms with Crippen molar-refractivity contribution < 1.29 is 19.1 Å².